The molecule has 0 amide bonds. The Bertz CT molecular complexity index is 865. The monoisotopic (exact) mass is 259 g/mol. The lowest BCUT2D eigenvalue weighted by Crippen LogP contribution is -2.24. The molecule has 2 aliphatic heterocycles. The number of phenolic OH excluding ortho intramolecular Hbond substituents is 1. The number of aromatic hydroxyl groups is 1. The molecule has 0 aliphatic carbocycles. The van der Waals surface area contributed by atoms with E-state index in [0.29, 0.717) is 16.5 Å². The van der Waals surface area contributed by atoms with Gasteiger partial charge < -0.3 is 15.3 Å². The number of aromatic nitrogens is 2. The molecule has 7 heteroatoms. The molecule has 2 aliphatic rings. The molecule has 96 valence electrons. The van der Waals surface area contributed by atoms with Gasteiger partial charge in [0.15, 0.2) is 0 Å². The van der Waals surface area contributed by atoms with E-state index in [1.54, 1.807) is 6.07 Å². The van der Waals surface area contributed by atoms with Gasteiger partial charge >= 0.3 is 5.69 Å². The third kappa shape index (κ3) is 1.76. The maximum atomic E-state index is 11.6. The fourth-order valence-corrected chi connectivity index (χ4v) is 1.90. The number of nitrogens with one attached hydrogen (secondary N) is 1. The Morgan fingerprint density at radius 2 is 2.11 bits per heavy atom. The summed E-state index contributed by atoms with van der Waals surface area (Å²) in [6.07, 6.45) is 0. The van der Waals surface area contributed by atoms with Crippen LogP contribution >= 0.6 is 0 Å². The molecule has 0 radical (unpaired) electrons. The first-order valence-electron chi connectivity index (χ1n) is 5.48. The maximum absolute atomic E-state index is 11.6. The van der Waals surface area contributed by atoms with Gasteiger partial charge in [0.05, 0.1) is 0 Å². The third-order valence-electron chi connectivity index (χ3n) is 2.84. The normalized spacial score (nSPS) is 11.2. The summed E-state index contributed by atoms with van der Waals surface area (Å²) in [5, 5.41) is 10.3. The lowest BCUT2D eigenvalue weighted by molar-refractivity contribution is 0.467. The second-order valence-electron chi connectivity index (χ2n) is 4.06. The van der Waals surface area contributed by atoms with Crippen LogP contribution in [-0.4, -0.2) is 15.1 Å². The zero-order valence-electron chi connectivity index (χ0n) is 9.64. The minimum atomic E-state index is -0.775. The fourth-order valence-electron chi connectivity index (χ4n) is 1.90. The van der Waals surface area contributed by atoms with E-state index in [-0.39, 0.29) is 23.7 Å². The van der Waals surface area contributed by atoms with Crippen LogP contribution in [0.2, 0.25) is 0 Å². The number of benzene rings is 1. The summed E-state index contributed by atoms with van der Waals surface area (Å²) in [6, 6.07) is 4.54. The minimum absolute atomic E-state index is 0.00899. The maximum Gasteiger partial charge on any atom is 0.351 e. The van der Waals surface area contributed by atoms with Crippen LogP contribution in [0.25, 0.3) is 22.4 Å². The van der Waals surface area contributed by atoms with E-state index in [1.807, 2.05) is 0 Å². The van der Waals surface area contributed by atoms with Crippen molar-refractivity contribution in [3.8, 4) is 17.2 Å². The van der Waals surface area contributed by atoms with E-state index in [2.05, 4.69) is 9.97 Å². The predicted octanol–water partition coefficient (Wildman–Crippen LogP) is 0.145. The van der Waals surface area contributed by atoms with Crippen LogP contribution in [0.3, 0.4) is 0 Å². The summed E-state index contributed by atoms with van der Waals surface area (Å²) in [7, 11) is 0. The van der Waals surface area contributed by atoms with Gasteiger partial charge in [0.25, 0.3) is 5.56 Å². The van der Waals surface area contributed by atoms with Crippen molar-refractivity contribution in [3.63, 3.8) is 0 Å². The number of rotatable bonds is 1. The van der Waals surface area contributed by atoms with Crippen molar-refractivity contribution < 1.29 is 9.52 Å². The van der Waals surface area contributed by atoms with Gasteiger partial charge in [-0.25, -0.2) is 4.79 Å². The average molecular weight is 259 g/mol. The molecule has 7 nitrogen and oxygen atoms in total. The summed E-state index contributed by atoms with van der Waals surface area (Å²) in [5.74, 6) is -0.0774. The van der Waals surface area contributed by atoms with Gasteiger partial charge in [0.2, 0.25) is 5.89 Å². The largest absolute Gasteiger partial charge is 0.507 e. The van der Waals surface area contributed by atoms with Gasteiger partial charge in [-0.2, -0.15) is 4.98 Å². The first kappa shape index (κ1) is 11.4. The number of hydrogen-bond acceptors (Lipinski definition) is 6. The summed E-state index contributed by atoms with van der Waals surface area (Å²) in [5.41, 5.74) is 5.17. The second-order valence-corrected chi connectivity index (χ2v) is 4.06. The van der Waals surface area contributed by atoms with Crippen molar-refractivity contribution in [1.82, 2.24) is 9.97 Å². The Balaban J connectivity index is 2.46. The summed E-state index contributed by atoms with van der Waals surface area (Å²) in [4.78, 5) is 28.4. The van der Waals surface area contributed by atoms with Crippen molar-refractivity contribution in [2.75, 3.05) is 0 Å². The quantitative estimate of drug-likeness (QED) is 0.534. The smallest absolute Gasteiger partial charge is 0.351 e. The highest BCUT2D eigenvalue weighted by molar-refractivity contribution is 5.83. The van der Waals surface area contributed by atoms with Crippen LogP contribution < -0.4 is 17.0 Å². The van der Waals surface area contributed by atoms with Crippen molar-refractivity contribution >= 4 is 11.0 Å². The number of phenols is 1. The van der Waals surface area contributed by atoms with Crippen molar-refractivity contribution in [2.45, 2.75) is 6.54 Å². The SMILES string of the molecule is NCc1cc2cc3c(=O)[nH]c(=O)nc-3oc2cc1O. The molecule has 2 heterocycles. The lowest BCUT2D eigenvalue weighted by Gasteiger charge is -2.07. The first-order chi connectivity index (χ1) is 9.08. The van der Waals surface area contributed by atoms with Gasteiger partial charge in [-0.15, -0.1) is 0 Å². The van der Waals surface area contributed by atoms with E-state index in [9.17, 15) is 14.7 Å². The van der Waals surface area contributed by atoms with Crippen LogP contribution in [0.5, 0.6) is 5.75 Å². The Labute approximate surface area is 105 Å². The van der Waals surface area contributed by atoms with Crippen LogP contribution in [-0.2, 0) is 6.54 Å². The summed E-state index contributed by atoms with van der Waals surface area (Å²) in [6.45, 7) is 0.161. The van der Waals surface area contributed by atoms with Gasteiger partial charge in [-0.1, -0.05) is 0 Å². The molecule has 0 fully saturated rings. The zero-order valence-corrected chi connectivity index (χ0v) is 9.64. The number of fused-ring (bicyclic) bond motifs is 2. The van der Waals surface area contributed by atoms with Crippen LogP contribution in [0.1, 0.15) is 5.56 Å². The number of nitrogens with zero attached hydrogens (tertiary/aromatic N) is 1. The van der Waals surface area contributed by atoms with Gasteiger partial charge in [-0.05, 0) is 12.1 Å². The first-order valence-corrected chi connectivity index (χ1v) is 5.48. The third-order valence-corrected chi connectivity index (χ3v) is 2.84. The Kier molecular flexibility index (Phi) is 2.36. The topological polar surface area (TPSA) is 122 Å². The second kappa shape index (κ2) is 3.92. The predicted molar refractivity (Wildman–Crippen MR) is 67.1 cm³/mol. The van der Waals surface area contributed by atoms with Crippen LogP contribution in [0.4, 0.5) is 0 Å². The van der Waals surface area contributed by atoms with Gasteiger partial charge in [0, 0.05) is 23.6 Å². The molecule has 0 atom stereocenters. The molecule has 4 N–H and O–H groups in total. The highest BCUT2D eigenvalue weighted by atomic mass is 16.3. The number of hydrogen-bond donors (Lipinski definition) is 3. The van der Waals surface area contributed by atoms with Crippen molar-refractivity contribution in [1.29, 1.82) is 0 Å². The number of nitrogens with two attached hydrogens (primary N) is 1. The molecule has 0 aromatic heterocycles. The van der Waals surface area contributed by atoms with Gasteiger partial charge in [0.1, 0.15) is 16.9 Å². The van der Waals surface area contributed by atoms with Crippen LogP contribution in [0, 0.1) is 0 Å². The molecule has 0 spiro atoms. The molecule has 1 aromatic rings. The van der Waals surface area contributed by atoms with E-state index in [1.165, 1.54) is 12.1 Å². The Morgan fingerprint density at radius 1 is 1.32 bits per heavy atom. The molecule has 0 saturated carbocycles. The number of H-pyrrole nitrogens is 1. The molecule has 0 unspecified atom stereocenters. The van der Waals surface area contributed by atoms with E-state index < -0.39 is 11.2 Å². The highest BCUT2D eigenvalue weighted by Crippen LogP contribution is 2.28. The average Bonchev–Trinajstić information content (AvgIpc) is 2.36. The minimum Gasteiger partial charge on any atom is -0.507 e. The molecule has 0 bridgehead atoms. The molecule has 3 rings (SSSR count). The molecule has 1 aromatic carbocycles. The molecule has 19 heavy (non-hydrogen) atoms. The molecular weight excluding hydrogens is 250 g/mol. The summed E-state index contributed by atoms with van der Waals surface area (Å²) < 4.78 is 5.36. The molecular formula is C12H9N3O4. The molecule has 0 saturated heterocycles. The Hall–Kier alpha value is -2.67. The lowest BCUT2D eigenvalue weighted by atomic mass is 10.1. The van der Waals surface area contributed by atoms with E-state index in [4.69, 9.17) is 10.2 Å². The highest BCUT2D eigenvalue weighted by Gasteiger charge is 2.15. The zero-order chi connectivity index (χ0) is 13.6. The van der Waals surface area contributed by atoms with Crippen molar-refractivity contribution in [3.05, 3.63) is 44.6 Å². The van der Waals surface area contributed by atoms with Crippen molar-refractivity contribution in [2.24, 2.45) is 5.73 Å². The van der Waals surface area contributed by atoms with Gasteiger partial charge in [-0.3, -0.25) is 9.78 Å². The summed E-state index contributed by atoms with van der Waals surface area (Å²) >= 11 is 0. The fraction of sp³-hybridized carbons (Fsp3) is 0.0833. The van der Waals surface area contributed by atoms with E-state index in [0.717, 1.165) is 0 Å². The standard InChI is InChI=1S/C12H9N3O4/c13-4-6-1-5-2-7-10(17)14-12(18)15-11(7)19-9(5)3-8(6)16/h1-3,16H,4,13H2,(H,14,17,18). The van der Waals surface area contributed by atoms with E-state index >= 15 is 0 Å². The van der Waals surface area contributed by atoms with Crippen LogP contribution in [0.15, 0.2) is 32.2 Å². The Morgan fingerprint density at radius 3 is 2.84 bits per heavy atom. The number of aromatic amines is 1.